The van der Waals surface area contributed by atoms with Crippen molar-refractivity contribution in [3.8, 4) is 17.0 Å². The summed E-state index contributed by atoms with van der Waals surface area (Å²) in [6, 6.07) is 8.92. The Hall–Kier alpha value is -3.49. The van der Waals surface area contributed by atoms with Crippen molar-refractivity contribution in [3.05, 3.63) is 64.5 Å². The molecule has 0 bridgehead atoms. The Labute approximate surface area is 245 Å². The van der Waals surface area contributed by atoms with Crippen LogP contribution in [0.2, 0.25) is 10.0 Å². The van der Waals surface area contributed by atoms with E-state index in [4.69, 9.17) is 38.4 Å². The molecule has 3 aromatic heterocycles. The number of aromatic nitrogens is 4. The average molecular weight is 619 g/mol. The number of anilines is 1. The van der Waals surface area contributed by atoms with Crippen LogP contribution < -0.4 is 15.4 Å². The molecular formula is C26H25Cl2N7O5S. The number of aromatic amines is 1. The van der Waals surface area contributed by atoms with Gasteiger partial charge in [-0.2, -0.15) is 5.10 Å². The highest BCUT2D eigenvalue weighted by atomic mass is 35.5. The number of rotatable bonds is 6. The predicted octanol–water partition coefficient (Wildman–Crippen LogP) is 4.11. The number of halogens is 2. The number of ether oxygens (including phenoxy) is 2. The molecular weight excluding hydrogens is 593 g/mol. The number of nitrogens with zero attached hydrogens (tertiary/aromatic N) is 5. The molecule has 1 amide bonds. The molecule has 0 radical (unpaired) electrons. The first-order valence-corrected chi connectivity index (χ1v) is 15.2. The number of benzene rings is 1. The number of pyridine rings is 2. The highest BCUT2D eigenvalue weighted by molar-refractivity contribution is 7.88. The Morgan fingerprint density at radius 1 is 1.12 bits per heavy atom. The zero-order valence-electron chi connectivity index (χ0n) is 21.8. The Kier molecular flexibility index (Phi) is 7.02. The topological polar surface area (TPSA) is 157 Å². The molecule has 12 nitrogen and oxygen atoms in total. The zero-order chi connectivity index (χ0) is 28.9. The number of nitrogens with one attached hydrogen (secondary N) is 1. The van der Waals surface area contributed by atoms with Gasteiger partial charge in [0.1, 0.15) is 22.9 Å². The zero-order valence-corrected chi connectivity index (χ0v) is 24.1. The van der Waals surface area contributed by atoms with Crippen molar-refractivity contribution < 1.29 is 22.7 Å². The summed E-state index contributed by atoms with van der Waals surface area (Å²) in [5.41, 5.74) is 8.05. The number of fused-ring (bicyclic) bond motifs is 1. The van der Waals surface area contributed by atoms with E-state index in [0.29, 0.717) is 70.9 Å². The molecule has 15 heteroatoms. The minimum atomic E-state index is -3.29. The van der Waals surface area contributed by atoms with E-state index < -0.39 is 27.9 Å². The number of carbonyl (C=O) groups excluding carboxylic acids is 1. The van der Waals surface area contributed by atoms with Crippen molar-refractivity contribution in [3.63, 3.8) is 0 Å². The van der Waals surface area contributed by atoms with E-state index in [0.717, 1.165) is 10.9 Å². The number of hydrogen-bond acceptors (Lipinski definition) is 9. The first-order valence-electron chi connectivity index (χ1n) is 12.6. The number of amides is 1. The number of H-pyrrole nitrogens is 1. The van der Waals surface area contributed by atoms with Crippen LogP contribution in [0, 0.1) is 0 Å². The van der Waals surface area contributed by atoms with Crippen molar-refractivity contribution in [1.29, 1.82) is 0 Å². The SMILES string of the molecule is CS(=O)(=O)N1CCC2(CC1)CN(c1ccc(-c3n[nH]c4ccc(O[C@H](N)c5c(Cl)cncc5Cl)cc34)cn1)C(=O)O2. The maximum absolute atomic E-state index is 12.8. The van der Waals surface area contributed by atoms with Gasteiger partial charge in [-0.3, -0.25) is 20.7 Å². The van der Waals surface area contributed by atoms with Gasteiger partial charge in [-0.15, -0.1) is 0 Å². The van der Waals surface area contributed by atoms with Gasteiger partial charge in [-0.25, -0.2) is 22.5 Å². The molecule has 1 aromatic carbocycles. The predicted molar refractivity (Wildman–Crippen MR) is 153 cm³/mol. The van der Waals surface area contributed by atoms with E-state index in [1.807, 2.05) is 12.1 Å². The van der Waals surface area contributed by atoms with Gasteiger partial charge in [0.25, 0.3) is 0 Å². The van der Waals surface area contributed by atoms with Crippen LogP contribution in [0.1, 0.15) is 24.6 Å². The van der Waals surface area contributed by atoms with Crippen LogP contribution in [0.4, 0.5) is 10.6 Å². The first kappa shape index (κ1) is 27.7. The lowest BCUT2D eigenvalue weighted by Gasteiger charge is -2.36. The van der Waals surface area contributed by atoms with E-state index in [2.05, 4.69) is 20.2 Å². The number of hydrogen-bond donors (Lipinski definition) is 2. The normalized spacial score (nSPS) is 18.1. The van der Waals surface area contributed by atoms with Crippen LogP contribution in [0.3, 0.4) is 0 Å². The van der Waals surface area contributed by atoms with Crippen molar-refractivity contribution >= 4 is 56.0 Å². The Morgan fingerprint density at radius 3 is 2.51 bits per heavy atom. The van der Waals surface area contributed by atoms with Gasteiger partial charge < -0.3 is 9.47 Å². The molecule has 5 heterocycles. The Morgan fingerprint density at radius 2 is 1.85 bits per heavy atom. The smallest absolute Gasteiger partial charge is 0.416 e. The molecule has 1 spiro atoms. The van der Waals surface area contributed by atoms with E-state index in [9.17, 15) is 13.2 Å². The number of carbonyl (C=O) groups is 1. The molecule has 214 valence electrons. The lowest BCUT2D eigenvalue weighted by Crippen LogP contribution is -2.48. The van der Waals surface area contributed by atoms with Gasteiger partial charge in [0, 0.05) is 61.0 Å². The summed E-state index contributed by atoms with van der Waals surface area (Å²) < 4.78 is 36.8. The summed E-state index contributed by atoms with van der Waals surface area (Å²) in [5.74, 6) is 0.912. The fourth-order valence-corrected chi connectivity index (χ4v) is 6.58. The average Bonchev–Trinajstić information content (AvgIpc) is 3.49. The molecule has 1 atom stereocenters. The Balaban J connectivity index is 1.20. The third kappa shape index (κ3) is 5.31. The molecule has 2 saturated heterocycles. The minimum absolute atomic E-state index is 0.299. The third-order valence-electron chi connectivity index (χ3n) is 7.34. The molecule has 0 aliphatic carbocycles. The van der Waals surface area contributed by atoms with E-state index in [1.54, 1.807) is 24.4 Å². The van der Waals surface area contributed by atoms with Crippen LogP contribution in [0.15, 0.2) is 48.9 Å². The van der Waals surface area contributed by atoms with Crippen molar-refractivity contribution in [2.45, 2.75) is 24.7 Å². The van der Waals surface area contributed by atoms with Crippen LogP contribution in [0.25, 0.3) is 22.2 Å². The molecule has 2 aliphatic rings. The lowest BCUT2D eigenvalue weighted by molar-refractivity contribution is 0.0174. The van der Waals surface area contributed by atoms with Crippen molar-refractivity contribution in [2.75, 3.05) is 30.8 Å². The molecule has 3 N–H and O–H groups in total. The summed E-state index contributed by atoms with van der Waals surface area (Å²) in [5, 5.41) is 8.82. The number of piperidine rings is 1. The highest BCUT2D eigenvalue weighted by Crippen LogP contribution is 2.37. The summed E-state index contributed by atoms with van der Waals surface area (Å²) in [6.45, 7) is 0.906. The summed E-state index contributed by atoms with van der Waals surface area (Å²) >= 11 is 12.4. The van der Waals surface area contributed by atoms with E-state index in [1.165, 1.54) is 27.9 Å². The van der Waals surface area contributed by atoms with Crippen molar-refractivity contribution in [2.24, 2.45) is 5.73 Å². The van der Waals surface area contributed by atoms with Gasteiger partial charge in [0.15, 0.2) is 6.23 Å². The molecule has 2 aliphatic heterocycles. The maximum Gasteiger partial charge on any atom is 0.416 e. The summed E-state index contributed by atoms with van der Waals surface area (Å²) in [6.07, 6.45) is 5.13. The monoisotopic (exact) mass is 617 g/mol. The maximum atomic E-state index is 12.8. The number of nitrogens with two attached hydrogens (primary N) is 1. The molecule has 6 rings (SSSR count). The van der Waals surface area contributed by atoms with Gasteiger partial charge in [-0.1, -0.05) is 23.2 Å². The highest BCUT2D eigenvalue weighted by Gasteiger charge is 2.48. The lowest BCUT2D eigenvalue weighted by atomic mass is 9.92. The fourth-order valence-electron chi connectivity index (χ4n) is 5.16. The molecule has 2 fully saturated rings. The van der Waals surface area contributed by atoms with Crippen LogP contribution >= 0.6 is 23.2 Å². The van der Waals surface area contributed by atoms with Crippen molar-refractivity contribution in [1.82, 2.24) is 24.5 Å². The van der Waals surface area contributed by atoms with Crippen LogP contribution in [-0.4, -0.2) is 70.5 Å². The summed E-state index contributed by atoms with van der Waals surface area (Å²) in [7, 11) is -3.29. The largest absolute Gasteiger partial charge is 0.471 e. The minimum Gasteiger partial charge on any atom is -0.471 e. The van der Waals surface area contributed by atoms with Crippen LogP contribution in [0.5, 0.6) is 5.75 Å². The molecule has 0 saturated carbocycles. The van der Waals surface area contributed by atoms with E-state index >= 15 is 0 Å². The van der Waals surface area contributed by atoms with Crippen LogP contribution in [-0.2, 0) is 14.8 Å². The summed E-state index contributed by atoms with van der Waals surface area (Å²) in [4.78, 5) is 22.7. The van der Waals surface area contributed by atoms with Gasteiger partial charge in [0.05, 0.1) is 28.4 Å². The van der Waals surface area contributed by atoms with Gasteiger partial charge in [-0.05, 0) is 30.3 Å². The molecule has 41 heavy (non-hydrogen) atoms. The second kappa shape index (κ2) is 10.4. The second-order valence-corrected chi connectivity index (χ2v) is 12.8. The van der Waals surface area contributed by atoms with E-state index in [-0.39, 0.29) is 0 Å². The third-order valence-corrected chi connectivity index (χ3v) is 9.25. The quantitative estimate of drug-likeness (QED) is 0.304. The Bertz CT molecular complexity index is 1720. The second-order valence-electron chi connectivity index (χ2n) is 10.0. The van der Waals surface area contributed by atoms with Gasteiger partial charge in [0.2, 0.25) is 10.0 Å². The fraction of sp³-hybridized carbons (Fsp3) is 0.308. The standard InChI is InChI=1S/C26H25Cl2N7O5S/c1-41(37,38)34-8-6-26(7-9-34)14-35(25(36)40-26)21-5-2-15(11-31-21)23-17-10-16(3-4-20(17)32-33-23)39-24(29)22-18(27)12-30-13-19(22)28/h2-5,10-13,24H,6-9,14,29H2,1H3,(H,32,33)/t24-/m0/s1. The molecule has 4 aromatic rings. The first-order chi connectivity index (χ1) is 19.5. The van der Waals surface area contributed by atoms with Gasteiger partial charge >= 0.3 is 6.09 Å². The number of sulfonamides is 1. The molecule has 0 unspecified atom stereocenters.